The monoisotopic (exact) mass is 561 g/mol. The van der Waals surface area contributed by atoms with Crippen LogP contribution in [0.25, 0.3) is 77.4 Å². The van der Waals surface area contributed by atoms with Gasteiger partial charge < -0.3 is 4.57 Å². The van der Waals surface area contributed by atoms with Crippen LogP contribution in [0.5, 0.6) is 0 Å². The van der Waals surface area contributed by atoms with Crippen LogP contribution in [0.2, 0.25) is 0 Å². The van der Waals surface area contributed by atoms with Gasteiger partial charge in [-0.15, -0.1) is 0 Å². The zero-order valence-electron chi connectivity index (χ0n) is 23.9. The first-order valence-electron chi connectivity index (χ1n) is 15.0. The maximum absolute atomic E-state index is 4.84. The van der Waals surface area contributed by atoms with Gasteiger partial charge in [0.25, 0.3) is 0 Å². The van der Waals surface area contributed by atoms with Crippen LogP contribution in [0.1, 0.15) is 0 Å². The van der Waals surface area contributed by atoms with Gasteiger partial charge in [0.15, 0.2) is 0 Å². The SMILES string of the molecule is c1ccc(-c2ccc(-n3c4ccccc4c4cc(-c5cccc6c5c5cccnc5n6-c5ccccc5)ccc43)cc2)cc1. The predicted molar refractivity (Wildman–Crippen MR) is 184 cm³/mol. The molecule has 0 unspecified atom stereocenters. The molecule has 206 valence electrons. The maximum atomic E-state index is 4.84. The zero-order chi connectivity index (χ0) is 29.0. The van der Waals surface area contributed by atoms with E-state index >= 15 is 0 Å². The van der Waals surface area contributed by atoms with E-state index in [4.69, 9.17) is 4.98 Å². The van der Waals surface area contributed by atoms with Crippen LogP contribution in [-0.2, 0) is 0 Å². The summed E-state index contributed by atoms with van der Waals surface area (Å²) in [5, 5.41) is 4.87. The number of aromatic nitrogens is 3. The largest absolute Gasteiger partial charge is 0.309 e. The number of rotatable bonds is 4. The standard InChI is InChI=1S/C41H27N3/c1-3-11-28(12-4-1)29-20-23-32(24-21-29)43-37-18-8-7-15-34(37)36-27-30(22-25-38(36)43)33-16-9-19-39-40(33)35-17-10-26-42-41(35)44(39)31-13-5-2-6-14-31/h1-27H. The van der Waals surface area contributed by atoms with Crippen molar-refractivity contribution in [3.63, 3.8) is 0 Å². The molecule has 44 heavy (non-hydrogen) atoms. The Bertz CT molecular complexity index is 2470. The summed E-state index contributed by atoms with van der Waals surface area (Å²) < 4.78 is 4.66. The van der Waals surface area contributed by atoms with Crippen molar-refractivity contribution in [3.8, 4) is 33.6 Å². The molecule has 3 aromatic heterocycles. The Labute approximate surface area is 254 Å². The molecule has 0 saturated carbocycles. The maximum Gasteiger partial charge on any atom is 0.145 e. The van der Waals surface area contributed by atoms with Gasteiger partial charge in [-0.25, -0.2) is 4.98 Å². The second-order valence-corrected chi connectivity index (χ2v) is 11.2. The highest BCUT2D eigenvalue weighted by atomic mass is 15.0. The summed E-state index contributed by atoms with van der Waals surface area (Å²) in [7, 11) is 0. The Kier molecular flexibility index (Phi) is 5.50. The molecule has 0 bridgehead atoms. The molecule has 0 fully saturated rings. The Morgan fingerprint density at radius 3 is 1.86 bits per heavy atom. The molecule has 3 nitrogen and oxygen atoms in total. The van der Waals surface area contributed by atoms with Gasteiger partial charge in [0.1, 0.15) is 5.65 Å². The van der Waals surface area contributed by atoms with Crippen molar-refractivity contribution in [1.82, 2.24) is 14.1 Å². The van der Waals surface area contributed by atoms with Crippen LogP contribution >= 0.6 is 0 Å². The smallest absolute Gasteiger partial charge is 0.145 e. The highest BCUT2D eigenvalue weighted by Crippen LogP contribution is 2.40. The Morgan fingerprint density at radius 1 is 0.386 bits per heavy atom. The van der Waals surface area contributed by atoms with Crippen molar-refractivity contribution in [2.75, 3.05) is 0 Å². The van der Waals surface area contributed by atoms with Crippen molar-refractivity contribution in [1.29, 1.82) is 0 Å². The van der Waals surface area contributed by atoms with E-state index in [9.17, 15) is 0 Å². The molecule has 3 heterocycles. The quantitative estimate of drug-likeness (QED) is 0.210. The average molecular weight is 562 g/mol. The van der Waals surface area contributed by atoms with Gasteiger partial charge in [-0.05, 0) is 82.9 Å². The van der Waals surface area contributed by atoms with Crippen LogP contribution in [0.15, 0.2) is 164 Å². The normalized spacial score (nSPS) is 11.6. The summed E-state index contributed by atoms with van der Waals surface area (Å²) in [5.41, 5.74) is 11.6. The second kappa shape index (κ2) is 9.82. The minimum absolute atomic E-state index is 0.970. The first-order chi connectivity index (χ1) is 21.8. The lowest BCUT2D eigenvalue weighted by atomic mass is 9.98. The highest BCUT2D eigenvalue weighted by Gasteiger charge is 2.18. The van der Waals surface area contributed by atoms with Gasteiger partial charge in [0.2, 0.25) is 0 Å². The van der Waals surface area contributed by atoms with E-state index < -0.39 is 0 Å². The predicted octanol–water partition coefficient (Wildman–Crippen LogP) is 10.6. The Morgan fingerprint density at radius 2 is 1.02 bits per heavy atom. The van der Waals surface area contributed by atoms with E-state index in [-0.39, 0.29) is 0 Å². The fourth-order valence-corrected chi connectivity index (χ4v) is 6.83. The number of hydrogen-bond donors (Lipinski definition) is 0. The van der Waals surface area contributed by atoms with Crippen molar-refractivity contribution < 1.29 is 0 Å². The van der Waals surface area contributed by atoms with E-state index in [2.05, 4.69) is 161 Å². The minimum Gasteiger partial charge on any atom is -0.309 e. The lowest BCUT2D eigenvalue weighted by Gasteiger charge is -2.10. The lowest BCUT2D eigenvalue weighted by molar-refractivity contribution is 1.14. The molecular weight excluding hydrogens is 534 g/mol. The topological polar surface area (TPSA) is 22.8 Å². The number of nitrogens with zero attached hydrogens (tertiary/aromatic N) is 3. The molecule has 0 atom stereocenters. The third kappa shape index (κ3) is 3.73. The average Bonchev–Trinajstić information content (AvgIpc) is 3.62. The molecule has 0 spiro atoms. The van der Waals surface area contributed by atoms with Crippen molar-refractivity contribution in [2.24, 2.45) is 0 Å². The van der Waals surface area contributed by atoms with Gasteiger partial charge in [0, 0.05) is 39.1 Å². The Hall–Kier alpha value is -5.93. The highest BCUT2D eigenvalue weighted by molar-refractivity contribution is 6.16. The van der Waals surface area contributed by atoms with Gasteiger partial charge in [-0.2, -0.15) is 0 Å². The Balaban J connectivity index is 1.26. The lowest BCUT2D eigenvalue weighted by Crippen LogP contribution is -1.94. The van der Waals surface area contributed by atoms with Crippen LogP contribution in [0, 0.1) is 0 Å². The molecule has 9 rings (SSSR count). The second-order valence-electron chi connectivity index (χ2n) is 11.2. The van der Waals surface area contributed by atoms with Crippen LogP contribution in [0.3, 0.4) is 0 Å². The molecular formula is C41H27N3. The first-order valence-corrected chi connectivity index (χ1v) is 15.0. The number of fused-ring (bicyclic) bond motifs is 6. The van der Waals surface area contributed by atoms with Crippen LogP contribution in [0.4, 0.5) is 0 Å². The van der Waals surface area contributed by atoms with Crippen molar-refractivity contribution >= 4 is 43.7 Å². The van der Waals surface area contributed by atoms with E-state index in [1.165, 1.54) is 49.4 Å². The van der Waals surface area contributed by atoms with Gasteiger partial charge in [-0.3, -0.25) is 4.57 Å². The van der Waals surface area contributed by atoms with Crippen molar-refractivity contribution in [3.05, 3.63) is 164 Å². The number of benzene rings is 6. The van der Waals surface area contributed by atoms with Gasteiger partial charge >= 0.3 is 0 Å². The molecule has 0 radical (unpaired) electrons. The summed E-state index contributed by atoms with van der Waals surface area (Å²) in [6.07, 6.45) is 1.88. The summed E-state index contributed by atoms with van der Waals surface area (Å²) in [4.78, 5) is 4.84. The van der Waals surface area contributed by atoms with Crippen molar-refractivity contribution in [2.45, 2.75) is 0 Å². The molecule has 6 aromatic carbocycles. The number of pyridine rings is 1. The third-order valence-electron chi connectivity index (χ3n) is 8.78. The minimum atomic E-state index is 0.970. The molecule has 9 aromatic rings. The van der Waals surface area contributed by atoms with E-state index in [1.54, 1.807) is 0 Å². The zero-order valence-corrected chi connectivity index (χ0v) is 23.9. The fraction of sp³-hybridized carbons (Fsp3) is 0. The first kappa shape index (κ1) is 24.6. The molecule has 0 aliphatic rings. The molecule has 3 heteroatoms. The van der Waals surface area contributed by atoms with Crippen LogP contribution < -0.4 is 0 Å². The fourth-order valence-electron chi connectivity index (χ4n) is 6.83. The summed E-state index contributed by atoms with van der Waals surface area (Å²) in [6.45, 7) is 0. The number of hydrogen-bond acceptors (Lipinski definition) is 1. The van der Waals surface area contributed by atoms with E-state index in [0.717, 1.165) is 27.9 Å². The molecule has 0 aliphatic carbocycles. The third-order valence-corrected chi connectivity index (χ3v) is 8.78. The number of para-hydroxylation sites is 2. The molecule has 0 amide bonds. The van der Waals surface area contributed by atoms with E-state index in [0.29, 0.717) is 0 Å². The van der Waals surface area contributed by atoms with Gasteiger partial charge in [-0.1, -0.05) is 97.1 Å². The van der Waals surface area contributed by atoms with Gasteiger partial charge in [0.05, 0.1) is 16.6 Å². The summed E-state index contributed by atoms with van der Waals surface area (Å²) in [5.74, 6) is 0. The molecule has 0 aliphatic heterocycles. The molecule has 0 N–H and O–H groups in total. The summed E-state index contributed by atoms with van der Waals surface area (Å²) in [6, 6.07) is 56.4. The van der Waals surface area contributed by atoms with Crippen LogP contribution in [-0.4, -0.2) is 14.1 Å². The molecule has 0 saturated heterocycles. The summed E-state index contributed by atoms with van der Waals surface area (Å²) >= 11 is 0. The van der Waals surface area contributed by atoms with E-state index in [1.807, 2.05) is 12.3 Å².